The molecule has 1 aromatic rings. The molecule has 1 atom stereocenters. The molecule has 0 amide bonds. The van der Waals surface area contributed by atoms with Gasteiger partial charge in [0, 0.05) is 5.02 Å². The Balaban J connectivity index is 2.69. The van der Waals surface area contributed by atoms with Gasteiger partial charge in [0.05, 0.1) is 12.6 Å². The second kappa shape index (κ2) is 5.19. The van der Waals surface area contributed by atoms with E-state index in [4.69, 9.17) is 16.9 Å². The van der Waals surface area contributed by atoms with Crippen molar-refractivity contribution in [1.82, 2.24) is 5.32 Å². The minimum absolute atomic E-state index is 0.455. The van der Waals surface area contributed by atoms with Crippen molar-refractivity contribution in [2.45, 2.75) is 12.2 Å². The molecule has 0 aliphatic carbocycles. The summed E-state index contributed by atoms with van der Waals surface area (Å²) >= 11 is 5.63. The minimum atomic E-state index is -4.33. The fourth-order valence-corrected chi connectivity index (χ4v) is 1.24. The molecule has 0 heterocycles. The van der Waals surface area contributed by atoms with Gasteiger partial charge in [0.1, 0.15) is 6.04 Å². The maximum Gasteiger partial charge on any atom is 0.401 e. The van der Waals surface area contributed by atoms with Gasteiger partial charge in [-0.15, -0.1) is 0 Å². The molecule has 86 valence electrons. The average molecular weight is 249 g/mol. The summed E-state index contributed by atoms with van der Waals surface area (Å²) < 4.78 is 35.8. The van der Waals surface area contributed by atoms with Crippen molar-refractivity contribution in [3.05, 3.63) is 34.9 Å². The van der Waals surface area contributed by atoms with Crippen LogP contribution in [-0.4, -0.2) is 12.7 Å². The van der Waals surface area contributed by atoms with Gasteiger partial charge < -0.3 is 0 Å². The lowest BCUT2D eigenvalue weighted by Gasteiger charge is -2.13. The van der Waals surface area contributed by atoms with Crippen molar-refractivity contribution in [1.29, 1.82) is 5.26 Å². The van der Waals surface area contributed by atoms with E-state index in [0.29, 0.717) is 10.6 Å². The molecule has 1 N–H and O–H groups in total. The Kier molecular flexibility index (Phi) is 4.16. The molecule has 0 fully saturated rings. The molecule has 0 saturated carbocycles. The molecule has 0 saturated heterocycles. The monoisotopic (exact) mass is 248 g/mol. The molecule has 0 radical (unpaired) electrons. The lowest BCUT2D eigenvalue weighted by molar-refractivity contribution is -0.125. The van der Waals surface area contributed by atoms with E-state index in [0.717, 1.165) is 0 Å². The van der Waals surface area contributed by atoms with Crippen LogP contribution in [0.2, 0.25) is 5.02 Å². The predicted molar refractivity (Wildman–Crippen MR) is 53.9 cm³/mol. The van der Waals surface area contributed by atoms with E-state index in [2.05, 4.69) is 5.32 Å². The summed E-state index contributed by atoms with van der Waals surface area (Å²) in [6, 6.07) is 6.84. The molecule has 6 heteroatoms. The van der Waals surface area contributed by atoms with E-state index in [1.54, 1.807) is 6.07 Å². The highest BCUT2D eigenvalue weighted by atomic mass is 35.5. The fraction of sp³-hybridized carbons (Fsp3) is 0.300. The standard InChI is InChI=1S/C10H8ClF3N2/c11-8-3-1-7(2-4-8)9(5-15)16-6-10(12,13)14/h1-4,9,16H,6H2. The van der Waals surface area contributed by atoms with E-state index in [1.165, 1.54) is 24.3 Å². The lowest BCUT2D eigenvalue weighted by atomic mass is 10.1. The summed E-state index contributed by atoms with van der Waals surface area (Å²) in [5.74, 6) is 0. The zero-order valence-corrected chi connectivity index (χ0v) is 8.81. The van der Waals surface area contributed by atoms with Gasteiger partial charge >= 0.3 is 6.18 Å². The number of alkyl halides is 3. The predicted octanol–water partition coefficient (Wildman–Crippen LogP) is 3.06. The van der Waals surface area contributed by atoms with Gasteiger partial charge in [-0.3, -0.25) is 5.32 Å². The van der Waals surface area contributed by atoms with Crippen molar-refractivity contribution in [3.63, 3.8) is 0 Å². The van der Waals surface area contributed by atoms with Crippen molar-refractivity contribution in [3.8, 4) is 6.07 Å². The van der Waals surface area contributed by atoms with Gasteiger partial charge in [0.25, 0.3) is 0 Å². The van der Waals surface area contributed by atoms with Gasteiger partial charge in [0.15, 0.2) is 0 Å². The smallest absolute Gasteiger partial charge is 0.290 e. The number of halogens is 4. The third-order valence-corrected chi connectivity index (χ3v) is 2.09. The molecule has 1 rings (SSSR count). The Morgan fingerprint density at radius 2 is 1.88 bits per heavy atom. The van der Waals surface area contributed by atoms with Crippen LogP contribution >= 0.6 is 11.6 Å². The normalized spacial score (nSPS) is 13.2. The number of hydrogen-bond acceptors (Lipinski definition) is 2. The van der Waals surface area contributed by atoms with Crippen LogP contribution < -0.4 is 5.32 Å². The van der Waals surface area contributed by atoms with Crippen molar-refractivity contribution >= 4 is 11.6 Å². The van der Waals surface area contributed by atoms with Gasteiger partial charge in [0.2, 0.25) is 0 Å². The summed E-state index contributed by atoms with van der Waals surface area (Å²) in [7, 11) is 0. The first-order chi connectivity index (χ1) is 7.42. The van der Waals surface area contributed by atoms with E-state index in [1.807, 2.05) is 0 Å². The Bertz CT molecular complexity index is 381. The highest BCUT2D eigenvalue weighted by molar-refractivity contribution is 6.30. The molecule has 0 aromatic heterocycles. The Labute approximate surface area is 95.6 Å². The highest BCUT2D eigenvalue weighted by Crippen LogP contribution is 2.18. The number of nitrogens with one attached hydrogen (secondary N) is 1. The van der Waals surface area contributed by atoms with Crippen LogP contribution in [0, 0.1) is 11.3 Å². The summed E-state index contributed by atoms with van der Waals surface area (Å²) in [6.07, 6.45) is -4.33. The third kappa shape index (κ3) is 4.09. The van der Waals surface area contributed by atoms with Crippen LogP contribution in [0.15, 0.2) is 24.3 Å². The lowest BCUT2D eigenvalue weighted by Crippen LogP contribution is -2.31. The zero-order chi connectivity index (χ0) is 12.2. The van der Waals surface area contributed by atoms with Crippen LogP contribution in [0.1, 0.15) is 11.6 Å². The first-order valence-electron chi connectivity index (χ1n) is 4.37. The maximum absolute atomic E-state index is 11.9. The van der Waals surface area contributed by atoms with Crippen LogP contribution in [-0.2, 0) is 0 Å². The van der Waals surface area contributed by atoms with E-state index in [-0.39, 0.29) is 0 Å². The van der Waals surface area contributed by atoms with Crippen LogP contribution in [0.5, 0.6) is 0 Å². The second-order valence-electron chi connectivity index (χ2n) is 3.11. The molecular weight excluding hydrogens is 241 g/mol. The van der Waals surface area contributed by atoms with Crippen LogP contribution in [0.3, 0.4) is 0 Å². The summed E-state index contributed by atoms with van der Waals surface area (Å²) in [6.45, 7) is -1.20. The fourth-order valence-electron chi connectivity index (χ4n) is 1.11. The van der Waals surface area contributed by atoms with E-state index < -0.39 is 18.8 Å². The zero-order valence-electron chi connectivity index (χ0n) is 8.05. The van der Waals surface area contributed by atoms with Gasteiger partial charge in [-0.25, -0.2) is 0 Å². The average Bonchev–Trinajstić information content (AvgIpc) is 2.20. The molecule has 0 aliphatic rings. The molecule has 0 spiro atoms. The molecule has 16 heavy (non-hydrogen) atoms. The van der Waals surface area contributed by atoms with Crippen molar-refractivity contribution < 1.29 is 13.2 Å². The van der Waals surface area contributed by atoms with Crippen molar-refractivity contribution in [2.75, 3.05) is 6.54 Å². The third-order valence-electron chi connectivity index (χ3n) is 1.84. The topological polar surface area (TPSA) is 35.8 Å². The first kappa shape index (κ1) is 12.8. The molecular formula is C10H8ClF3N2. The number of hydrogen-bond donors (Lipinski definition) is 1. The number of rotatable bonds is 3. The second-order valence-corrected chi connectivity index (χ2v) is 3.55. The van der Waals surface area contributed by atoms with Gasteiger partial charge in [-0.1, -0.05) is 23.7 Å². The van der Waals surface area contributed by atoms with Crippen LogP contribution in [0.25, 0.3) is 0 Å². The Morgan fingerprint density at radius 3 is 2.31 bits per heavy atom. The van der Waals surface area contributed by atoms with Gasteiger partial charge in [-0.2, -0.15) is 18.4 Å². The largest absolute Gasteiger partial charge is 0.401 e. The first-order valence-corrected chi connectivity index (χ1v) is 4.75. The minimum Gasteiger partial charge on any atom is -0.290 e. The SMILES string of the molecule is N#CC(NCC(F)(F)F)c1ccc(Cl)cc1. The Hall–Kier alpha value is -1.25. The number of nitriles is 1. The quantitative estimate of drug-likeness (QED) is 0.892. The molecule has 0 aliphatic heterocycles. The molecule has 2 nitrogen and oxygen atoms in total. The van der Waals surface area contributed by atoms with Crippen molar-refractivity contribution in [2.24, 2.45) is 0 Å². The van der Waals surface area contributed by atoms with Crippen LogP contribution in [0.4, 0.5) is 13.2 Å². The summed E-state index contributed by atoms with van der Waals surface area (Å²) in [5, 5.41) is 11.3. The summed E-state index contributed by atoms with van der Waals surface area (Å²) in [5.41, 5.74) is 0.455. The Morgan fingerprint density at radius 1 is 1.31 bits per heavy atom. The maximum atomic E-state index is 11.9. The number of nitrogens with zero attached hydrogens (tertiary/aromatic N) is 1. The van der Waals surface area contributed by atoms with Gasteiger partial charge in [-0.05, 0) is 17.7 Å². The molecule has 0 bridgehead atoms. The molecule has 1 aromatic carbocycles. The highest BCUT2D eigenvalue weighted by Gasteiger charge is 2.28. The molecule has 1 unspecified atom stereocenters. The van der Waals surface area contributed by atoms with E-state index >= 15 is 0 Å². The van der Waals surface area contributed by atoms with E-state index in [9.17, 15) is 13.2 Å². The summed E-state index contributed by atoms with van der Waals surface area (Å²) in [4.78, 5) is 0. The number of benzene rings is 1.